The SMILES string of the molecule is O=C(Oc1c(I)ccc(I)c1I)c1ccc(S(=O)(=O)O)c(C2C3CC4CC(C3)CC2C4)c1. The number of esters is 1. The molecule has 0 unspecified atom stereocenters. The van der Waals surface area contributed by atoms with Crippen LogP contribution in [0.3, 0.4) is 0 Å². The first-order valence-corrected chi connectivity index (χ1v) is 15.3. The third-order valence-corrected chi connectivity index (χ3v) is 12.1. The summed E-state index contributed by atoms with van der Waals surface area (Å²) in [4.78, 5) is 13.0. The molecular weight excluding hydrogens is 769 g/mol. The van der Waals surface area contributed by atoms with Crippen LogP contribution in [-0.2, 0) is 10.1 Å². The van der Waals surface area contributed by atoms with Crippen LogP contribution in [0.4, 0.5) is 0 Å². The Morgan fingerprint density at radius 2 is 1.50 bits per heavy atom. The predicted molar refractivity (Wildman–Crippen MR) is 146 cm³/mol. The van der Waals surface area contributed by atoms with Gasteiger partial charge in [-0.25, -0.2) is 4.79 Å². The molecule has 0 atom stereocenters. The number of benzene rings is 2. The zero-order valence-corrected chi connectivity index (χ0v) is 24.2. The van der Waals surface area contributed by atoms with Gasteiger partial charge in [0.15, 0.2) is 5.75 Å². The lowest BCUT2D eigenvalue weighted by molar-refractivity contribution is -0.00372. The minimum absolute atomic E-state index is 0.0606. The number of hydrogen-bond donors (Lipinski definition) is 1. The summed E-state index contributed by atoms with van der Waals surface area (Å²) in [5, 5.41) is 0. The van der Waals surface area contributed by atoms with Gasteiger partial charge >= 0.3 is 5.97 Å². The molecule has 0 saturated heterocycles. The van der Waals surface area contributed by atoms with E-state index in [1.165, 1.54) is 18.6 Å². The van der Waals surface area contributed by atoms with Crippen molar-refractivity contribution >= 4 is 83.9 Å². The van der Waals surface area contributed by atoms with Crippen LogP contribution in [0.15, 0.2) is 35.2 Å². The second-order valence-corrected chi connectivity index (χ2v) is 14.0. The summed E-state index contributed by atoms with van der Waals surface area (Å²) in [6.07, 6.45) is 5.72. The molecule has 32 heavy (non-hydrogen) atoms. The minimum Gasteiger partial charge on any atom is -0.421 e. The summed E-state index contributed by atoms with van der Waals surface area (Å²) in [7, 11) is -4.39. The average Bonchev–Trinajstić information content (AvgIpc) is 2.72. The van der Waals surface area contributed by atoms with E-state index in [0.29, 0.717) is 28.7 Å². The van der Waals surface area contributed by atoms with E-state index >= 15 is 0 Å². The maximum Gasteiger partial charge on any atom is 0.343 e. The summed E-state index contributed by atoms with van der Waals surface area (Å²) in [5.74, 6) is 2.35. The largest absolute Gasteiger partial charge is 0.421 e. The van der Waals surface area contributed by atoms with Gasteiger partial charge in [0.25, 0.3) is 10.1 Å². The van der Waals surface area contributed by atoms with Crippen molar-refractivity contribution in [1.82, 2.24) is 0 Å². The van der Waals surface area contributed by atoms with Crippen molar-refractivity contribution < 1.29 is 22.5 Å². The molecule has 4 bridgehead atoms. The third-order valence-electron chi connectivity index (χ3n) is 7.31. The Morgan fingerprint density at radius 1 is 0.906 bits per heavy atom. The third kappa shape index (κ3) is 4.37. The second-order valence-electron chi connectivity index (χ2n) is 9.25. The Hall–Kier alpha value is 0.01000. The van der Waals surface area contributed by atoms with Crippen molar-refractivity contribution in [2.24, 2.45) is 23.7 Å². The highest BCUT2D eigenvalue weighted by atomic mass is 127. The molecular formula is C23H21I3O5S. The van der Waals surface area contributed by atoms with E-state index in [2.05, 4.69) is 67.8 Å². The zero-order valence-electron chi connectivity index (χ0n) is 16.9. The molecule has 170 valence electrons. The first kappa shape index (κ1) is 23.7. The van der Waals surface area contributed by atoms with E-state index in [4.69, 9.17) is 4.74 Å². The molecule has 1 N–H and O–H groups in total. The Labute approximate surface area is 228 Å². The minimum atomic E-state index is -4.39. The van der Waals surface area contributed by atoms with Gasteiger partial charge in [0, 0.05) is 3.57 Å². The van der Waals surface area contributed by atoms with Crippen molar-refractivity contribution in [3.63, 3.8) is 0 Å². The zero-order chi connectivity index (χ0) is 22.8. The molecule has 0 spiro atoms. The van der Waals surface area contributed by atoms with Crippen LogP contribution >= 0.6 is 67.8 Å². The van der Waals surface area contributed by atoms with E-state index in [-0.39, 0.29) is 10.8 Å². The molecule has 4 aliphatic carbocycles. The Kier molecular flexibility index (Phi) is 6.60. The first-order chi connectivity index (χ1) is 15.1. The molecule has 2 aromatic carbocycles. The maximum absolute atomic E-state index is 13.1. The van der Waals surface area contributed by atoms with Gasteiger partial charge in [0.2, 0.25) is 0 Å². The summed E-state index contributed by atoms with van der Waals surface area (Å²) >= 11 is 6.50. The summed E-state index contributed by atoms with van der Waals surface area (Å²) < 4.78 is 42.8. The topological polar surface area (TPSA) is 80.7 Å². The van der Waals surface area contributed by atoms with Crippen LogP contribution in [0.5, 0.6) is 5.75 Å². The van der Waals surface area contributed by atoms with Crippen LogP contribution in [0, 0.1) is 34.4 Å². The highest BCUT2D eigenvalue weighted by molar-refractivity contribution is 14.1. The van der Waals surface area contributed by atoms with Gasteiger partial charge < -0.3 is 4.74 Å². The van der Waals surface area contributed by atoms with Crippen LogP contribution in [0.25, 0.3) is 0 Å². The molecule has 9 heteroatoms. The first-order valence-electron chi connectivity index (χ1n) is 10.6. The highest BCUT2D eigenvalue weighted by Crippen LogP contribution is 2.60. The molecule has 0 amide bonds. The number of ether oxygens (including phenoxy) is 1. The molecule has 5 nitrogen and oxygen atoms in total. The van der Waals surface area contributed by atoms with Gasteiger partial charge in [-0.2, -0.15) is 8.42 Å². The smallest absolute Gasteiger partial charge is 0.343 e. The average molecular weight is 790 g/mol. The second kappa shape index (κ2) is 8.90. The van der Waals surface area contributed by atoms with Gasteiger partial charge in [0.1, 0.15) is 0 Å². The van der Waals surface area contributed by atoms with E-state index in [0.717, 1.165) is 48.2 Å². The quantitative estimate of drug-likeness (QED) is 0.126. The number of hydrogen-bond acceptors (Lipinski definition) is 4. The number of halogens is 3. The fraction of sp³-hybridized carbons (Fsp3) is 0.435. The van der Waals surface area contributed by atoms with E-state index in [1.54, 1.807) is 6.07 Å². The van der Waals surface area contributed by atoms with E-state index in [9.17, 15) is 17.8 Å². The number of rotatable bonds is 4. The van der Waals surface area contributed by atoms with Crippen LogP contribution in [0.2, 0.25) is 0 Å². The van der Waals surface area contributed by atoms with Crippen LogP contribution in [0.1, 0.15) is 53.9 Å². The Bertz CT molecular complexity index is 1180. The van der Waals surface area contributed by atoms with Gasteiger partial charge in [-0.1, -0.05) is 0 Å². The lowest BCUT2D eigenvalue weighted by Gasteiger charge is -2.54. The highest BCUT2D eigenvalue weighted by Gasteiger charge is 2.49. The van der Waals surface area contributed by atoms with Crippen molar-refractivity contribution in [3.8, 4) is 5.75 Å². The van der Waals surface area contributed by atoms with Crippen LogP contribution in [-0.4, -0.2) is 18.9 Å². The van der Waals surface area contributed by atoms with Crippen molar-refractivity contribution in [2.45, 2.75) is 42.9 Å². The van der Waals surface area contributed by atoms with Crippen LogP contribution < -0.4 is 4.74 Å². The van der Waals surface area contributed by atoms with Gasteiger partial charge in [-0.3, -0.25) is 4.55 Å². The number of carbonyl (C=O) groups is 1. The molecule has 4 saturated carbocycles. The number of carbonyl (C=O) groups excluding carboxylic acids is 1. The standard InChI is InChI=1S/C23H21I3O5S/c24-17-2-3-18(25)22(21(17)26)31-23(27)13-1-4-19(32(28,29)30)16(10-13)20-14-6-11-5-12(8-14)9-15(20)7-11/h1-4,10-12,14-15,20H,5-9H2,(H,28,29,30). The van der Waals surface area contributed by atoms with Gasteiger partial charge in [-0.05, 0) is 165 Å². The lowest BCUT2D eigenvalue weighted by Crippen LogP contribution is -2.44. The Morgan fingerprint density at radius 3 is 2.09 bits per heavy atom. The fourth-order valence-electron chi connectivity index (χ4n) is 6.36. The van der Waals surface area contributed by atoms with Crippen molar-refractivity contribution in [3.05, 3.63) is 52.2 Å². The summed E-state index contributed by atoms with van der Waals surface area (Å²) in [6, 6.07) is 8.34. The molecule has 2 aromatic rings. The molecule has 4 fully saturated rings. The predicted octanol–water partition coefficient (Wildman–Crippen LogP) is 6.51. The Balaban J connectivity index is 1.53. The molecule has 0 aromatic heterocycles. The summed E-state index contributed by atoms with van der Waals surface area (Å²) in [5.41, 5.74) is 0.898. The molecule has 4 aliphatic rings. The molecule has 0 radical (unpaired) electrons. The van der Waals surface area contributed by atoms with Crippen molar-refractivity contribution in [1.29, 1.82) is 0 Å². The molecule has 0 aliphatic heterocycles. The van der Waals surface area contributed by atoms with E-state index in [1.807, 2.05) is 12.1 Å². The van der Waals surface area contributed by atoms with Crippen molar-refractivity contribution in [2.75, 3.05) is 0 Å². The fourth-order valence-corrected chi connectivity index (χ4v) is 9.17. The lowest BCUT2D eigenvalue weighted by atomic mass is 9.50. The summed E-state index contributed by atoms with van der Waals surface area (Å²) in [6.45, 7) is 0. The molecule has 0 heterocycles. The van der Waals surface area contributed by atoms with Gasteiger partial charge in [-0.15, -0.1) is 0 Å². The maximum atomic E-state index is 13.1. The molecule has 6 rings (SSSR count). The van der Waals surface area contributed by atoms with Gasteiger partial charge in [0.05, 0.1) is 17.6 Å². The monoisotopic (exact) mass is 790 g/mol. The normalized spacial score (nSPS) is 28.7. The van der Waals surface area contributed by atoms with E-state index < -0.39 is 16.1 Å².